The van der Waals surface area contributed by atoms with E-state index < -0.39 is 0 Å². The Balaban J connectivity index is 3.49. The molecule has 0 spiro atoms. The molecule has 0 aromatic carbocycles. The molecule has 3 nitrogen and oxygen atoms in total. The lowest BCUT2D eigenvalue weighted by Gasteiger charge is -2.04. The van der Waals surface area contributed by atoms with Crippen molar-refractivity contribution in [1.82, 2.24) is 4.57 Å². The Morgan fingerprint density at radius 3 is 2.46 bits per heavy atom. The maximum absolute atomic E-state index is 11.8. The third-order valence-corrected chi connectivity index (χ3v) is 2.36. The topological polar surface area (TPSA) is 25.9 Å². The van der Waals surface area contributed by atoms with Crippen molar-refractivity contribution in [2.45, 2.75) is 40.8 Å². The number of rotatable bonds is 2. The van der Waals surface area contributed by atoms with Crippen LogP contribution >= 0.6 is 0 Å². The molecule has 0 aliphatic carbocycles. The van der Waals surface area contributed by atoms with Crippen LogP contribution in [-0.2, 0) is 13.1 Å². The van der Waals surface area contributed by atoms with Gasteiger partial charge in [-0.25, -0.2) is 0 Å². The largest absolute Gasteiger partial charge is 0.498 e. The molecule has 0 aliphatic heterocycles. The van der Waals surface area contributed by atoms with E-state index in [-0.39, 0.29) is 5.69 Å². The zero-order valence-electron chi connectivity index (χ0n) is 8.79. The van der Waals surface area contributed by atoms with Gasteiger partial charge in [-0.15, -0.1) is 0 Å². The summed E-state index contributed by atoms with van der Waals surface area (Å²) in [6.45, 7) is 9.40. The monoisotopic (exact) mass is 181 g/mol. The van der Waals surface area contributed by atoms with E-state index in [0.717, 1.165) is 24.5 Å². The Morgan fingerprint density at radius 1 is 1.38 bits per heavy atom. The number of aryl methyl sites for hydroxylation is 2. The highest BCUT2D eigenvalue weighted by molar-refractivity contribution is 5.02. The van der Waals surface area contributed by atoms with Crippen molar-refractivity contribution in [3.63, 3.8) is 0 Å². The highest BCUT2D eigenvalue weighted by atomic mass is 16.1. The summed E-state index contributed by atoms with van der Waals surface area (Å²) in [6.07, 6.45) is 0. The van der Waals surface area contributed by atoms with Crippen LogP contribution in [-0.4, -0.2) is 4.57 Å². The second kappa shape index (κ2) is 3.73. The van der Waals surface area contributed by atoms with E-state index in [0.29, 0.717) is 0 Å². The van der Waals surface area contributed by atoms with Gasteiger partial charge in [0.2, 0.25) is 0 Å². The first kappa shape index (κ1) is 9.96. The van der Waals surface area contributed by atoms with Gasteiger partial charge in [0.15, 0.2) is 0 Å². The van der Waals surface area contributed by atoms with Crippen LogP contribution < -0.4 is 10.3 Å². The lowest BCUT2D eigenvalue weighted by Crippen LogP contribution is -2.56. The molecule has 0 bridgehead atoms. The Bertz CT molecular complexity index is 335. The zero-order chi connectivity index (χ0) is 10.0. The van der Waals surface area contributed by atoms with Gasteiger partial charge in [-0.05, 0) is 27.7 Å². The summed E-state index contributed by atoms with van der Waals surface area (Å²) in [5.74, 6) is 0. The van der Waals surface area contributed by atoms with Gasteiger partial charge >= 0.3 is 5.69 Å². The molecule has 1 aromatic heterocycles. The number of hydrogen-bond acceptors (Lipinski definition) is 1. The fourth-order valence-electron chi connectivity index (χ4n) is 1.67. The molecule has 0 saturated heterocycles. The van der Waals surface area contributed by atoms with E-state index in [1.165, 1.54) is 0 Å². The molecule has 0 aliphatic rings. The minimum Gasteiger partial charge on any atom is -0.197 e. The van der Waals surface area contributed by atoms with Gasteiger partial charge in [0.25, 0.3) is 0 Å². The molecule has 1 heterocycles. The van der Waals surface area contributed by atoms with Crippen LogP contribution in [0.3, 0.4) is 0 Å². The van der Waals surface area contributed by atoms with Gasteiger partial charge in [-0.3, -0.25) is 0 Å². The summed E-state index contributed by atoms with van der Waals surface area (Å²) < 4.78 is 3.58. The van der Waals surface area contributed by atoms with Crippen molar-refractivity contribution in [3.8, 4) is 0 Å². The molecule has 0 N–H and O–H groups in total. The molecular weight excluding hydrogens is 164 g/mol. The highest BCUT2D eigenvalue weighted by Gasteiger charge is 2.13. The predicted octanol–water partition coefficient (Wildman–Crippen LogP) is 0.792. The molecule has 1 aromatic rings. The first-order chi connectivity index (χ1) is 6.11. The lowest BCUT2D eigenvalue weighted by molar-refractivity contribution is -0.718. The van der Waals surface area contributed by atoms with E-state index in [1.807, 2.05) is 27.7 Å². The molecule has 0 amide bonds. The highest BCUT2D eigenvalue weighted by Crippen LogP contribution is 1.94. The molecule has 0 fully saturated rings. The molecule has 13 heavy (non-hydrogen) atoms. The van der Waals surface area contributed by atoms with E-state index >= 15 is 0 Å². The molecule has 72 valence electrons. The summed E-state index contributed by atoms with van der Waals surface area (Å²) >= 11 is 0. The van der Waals surface area contributed by atoms with Crippen molar-refractivity contribution in [1.29, 1.82) is 0 Å². The number of nitrogens with zero attached hydrogens (tertiary/aromatic N) is 2. The average Bonchev–Trinajstić information content (AvgIpc) is 2.04. The quantitative estimate of drug-likeness (QED) is 0.619. The van der Waals surface area contributed by atoms with E-state index in [1.54, 1.807) is 9.13 Å². The lowest BCUT2D eigenvalue weighted by atomic mass is 10.3. The summed E-state index contributed by atoms with van der Waals surface area (Å²) in [5, 5.41) is 0. The Morgan fingerprint density at radius 2 is 2.00 bits per heavy atom. The SMILES string of the molecule is CCn1c(C)cc(C)[n+](CC)c1=O. The zero-order valence-corrected chi connectivity index (χ0v) is 8.79. The maximum atomic E-state index is 11.8. The average molecular weight is 181 g/mol. The van der Waals surface area contributed by atoms with Crippen LogP contribution in [0.1, 0.15) is 25.2 Å². The molecule has 0 saturated carbocycles. The van der Waals surface area contributed by atoms with Crippen molar-refractivity contribution < 1.29 is 4.57 Å². The minimum atomic E-state index is 0.0995. The Hall–Kier alpha value is -1.12. The number of aromatic nitrogens is 2. The molecule has 0 radical (unpaired) electrons. The summed E-state index contributed by atoms with van der Waals surface area (Å²) in [4.78, 5) is 11.8. The molecule has 1 rings (SSSR count). The van der Waals surface area contributed by atoms with Crippen molar-refractivity contribution >= 4 is 0 Å². The van der Waals surface area contributed by atoms with Crippen molar-refractivity contribution in [3.05, 3.63) is 27.9 Å². The van der Waals surface area contributed by atoms with Crippen LogP contribution in [0.15, 0.2) is 10.9 Å². The van der Waals surface area contributed by atoms with Gasteiger partial charge in [0.1, 0.15) is 11.4 Å². The second-order valence-electron chi connectivity index (χ2n) is 3.20. The van der Waals surface area contributed by atoms with Crippen LogP contribution in [0.4, 0.5) is 0 Å². The fraction of sp³-hybridized carbons (Fsp3) is 0.600. The summed E-state index contributed by atoms with van der Waals surface area (Å²) in [6, 6.07) is 2.05. The predicted molar refractivity (Wildman–Crippen MR) is 51.7 cm³/mol. The van der Waals surface area contributed by atoms with Crippen LogP contribution in [0.5, 0.6) is 0 Å². The minimum absolute atomic E-state index is 0.0995. The molecule has 0 unspecified atom stereocenters. The van der Waals surface area contributed by atoms with Crippen LogP contribution in [0, 0.1) is 13.8 Å². The van der Waals surface area contributed by atoms with Gasteiger partial charge in [0, 0.05) is 6.07 Å². The van der Waals surface area contributed by atoms with Crippen LogP contribution in [0.2, 0.25) is 0 Å². The molecular formula is C10H17N2O+. The fourth-order valence-corrected chi connectivity index (χ4v) is 1.67. The first-order valence-electron chi connectivity index (χ1n) is 4.72. The van der Waals surface area contributed by atoms with Gasteiger partial charge in [0.05, 0.1) is 13.1 Å². The Kier molecular flexibility index (Phi) is 2.86. The van der Waals surface area contributed by atoms with E-state index in [2.05, 4.69) is 6.07 Å². The van der Waals surface area contributed by atoms with Crippen molar-refractivity contribution in [2.24, 2.45) is 0 Å². The van der Waals surface area contributed by atoms with E-state index in [4.69, 9.17) is 0 Å². The standard InChI is InChI=1S/C10H17N2O/c1-5-11-8(3)7-9(4)12(6-2)10(11)13/h7H,5-6H2,1-4H3/q+1. The van der Waals surface area contributed by atoms with Gasteiger partial charge < -0.3 is 0 Å². The number of hydrogen-bond donors (Lipinski definition) is 0. The summed E-state index contributed by atoms with van der Waals surface area (Å²) in [5.41, 5.74) is 2.17. The maximum Gasteiger partial charge on any atom is 0.498 e. The van der Waals surface area contributed by atoms with Crippen LogP contribution in [0.25, 0.3) is 0 Å². The van der Waals surface area contributed by atoms with Gasteiger partial charge in [-0.2, -0.15) is 13.9 Å². The van der Waals surface area contributed by atoms with Crippen molar-refractivity contribution in [2.75, 3.05) is 0 Å². The molecule has 0 atom stereocenters. The molecule has 3 heteroatoms. The normalized spacial score (nSPS) is 10.5. The smallest absolute Gasteiger partial charge is 0.197 e. The second-order valence-corrected chi connectivity index (χ2v) is 3.20. The Labute approximate surface area is 78.6 Å². The van der Waals surface area contributed by atoms with E-state index in [9.17, 15) is 4.79 Å². The third-order valence-electron chi connectivity index (χ3n) is 2.36. The third kappa shape index (κ3) is 1.64. The van der Waals surface area contributed by atoms with Gasteiger partial charge in [-0.1, -0.05) is 0 Å². The first-order valence-corrected chi connectivity index (χ1v) is 4.72. The summed E-state index contributed by atoms with van der Waals surface area (Å²) in [7, 11) is 0.